The number of carbonyl (C=O) groups excluding carboxylic acids is 2. The second kappa shape index (κ2) is 10.8. The van der Waals surface area contributed by atoms with Gasteiger partial charge in [0.25, 0.3) is 0 Å². The van der Waals surface area contributed by atoms with Crippen LogP contribution in [0.5, 0.6) is 0 Å². The minimum Gasteiger partial charge on any atom is -0.461 e. The van der Waals surface area contributed by atoms with Gasteiger partial charge in [-0.3, -0.25) is 4.79 Å². The number of carbonyl (C=O) groups is 2. The number of hydrogen-bond donors (Lipinski definition) is 3. The molecule has 2 aromatic carbocycles. The first-order valence-corrected chi connectivity index (χ1v) is 10.2. The maximum absolute atomic E-state index is 11.6. The molecule has 0 unspecified atom stereocenters. The molecule has 0 aliphatic heterocycles. The van der Waals surface area contributed by atoms with E-state index in [0.717, 1.165) is 16.7 Å². The van der Waals surface area contributed by atoms with Gasteiger partial charge in [-0.05, 0) is 54.4 Å². The SMILES string of the molecule is CCOC(=O)c1occc1-c1ccc(N)cc1.NCC(=O)c1occc1-c1ccc(N)cc1. The first-order chi connectivity index (χ1) is 15.9. The Morgan fingerprint density at radius 2 is 1.21 bits per heavy atom. The van der Waals surface area contributed by atoms with Crippen LogP contribution in [0.1, 0.15) is 28.0 Å². The number of Topliss-reactive ketones (excluding diaryl/α,β-unsaturated/α-hetero) is 1. The molecule has 4 aromatic rings. The van der Waals surface area contributed by atoms with E-state index in [1.165, 1.54) is 12.5 Å². The van der Waals surface area contributed by atoms with Gasteiger partial charge in [-0.1, -0.05) is 24.3 Å². The smallest absolute Gasteiger partial charge is 0.374 e. The van der Waals surface area contributed by atoms with Crippen molar-refractivity contribution >= 4 is 23.1 Å². The number of anilines is 2. The molecule has 2 aromatic heterocycles. The van der Waals surface area contributed by atoms with Crippen molar-refractivity contribution in [2.45, 2.75) is 6.92 Å². The van der Waals surface area contributed by atoms with Gasteiger partial charge < -0.3 is 30.8 Å². The maximum atomic E-state index is 11.6. The summed E-state index contributed by atoms with van der Waals surface area (Å²) >= 11 is 0. The molecule has 0 bridgehead atoms. The van der Waals surface area contributed by atoms with E-state index in [2.05, 4.69) is 0 Å². The van der Waals surface area contributed by atoms with E-state index < -0.39 is 5.97 Å². The highest BCUT2D eigenvalue weighted by Gasteiger charge is 2.17. The van der Waals surface area contributed by atoms with Crippen LogP contribution in [0, 0.1) is 0 Å². The second-order valence-corrected chi connectivity index (χ2v) is 6.92. The molecule has 0 aliphatic rings. The lowest BCUT2D eigenvalue weighted by Crippen LogP contribution is -2.13. The van der Waals surface area contributed by atoms with Crippen LogP contribution < -0.4 is 17.2 Å². The molecule has 0 spiro atoms. The summed E-state index contributed by atoms with van der Waals surface area (Å²) in [5, 5.41) is 0. The number of nitrogens with two attached hydrogens (primary N) is 3. The Balaban J connectivity index is 0.000000186. The third kappa shape index (κ3) is 5.69. The predicted octanol–water partition coefficient (Wildman–Crippen LogP) is 4.38. The van der Waals surface area contributed by atoms with E-state index >= 15 is 0 Å². The summed E-state index contributed by atoms with van der Waals surface area (Å²) in [6, 6.07) is 17.9. The lowest BCUT2D eigenvalue weighted by Gasteiger charge is -2.03. The van der Waals surface area contributed by atoms with Gasteiger partial charge in [-0.25, -0.2) is 4.79 Å². The Hall–Kier alpha value is -4.30. The number of ketones is 1. The number of rotatable bonds is 6. The molecule has 0 fully saturated rings. The van der Waals surface area contributed by atoms with E-state index in [1.807, 2.05) is 24.3 Å². The van der Waals surface area contributed by atoms with E-state index in [1.54, 1.807) is 43.3 Å². The number of hydrogen-bond acceptors (Lipinski definition) is 8. The van der Waals surface area contributed by atoms with E-state index in [0.29, 0.717) is 29.3 Å². The molecule has 0 amide bonds. The van der Waals surface area contributed by atoms with E-state index in [-0.39, 0.29) is 18.1 Å². The monoisotopic (exact) mass is 447 g/mol. The normalized spacial score (nSPS) is 10.2. The van der Waals surface area contributed by atoms with Crippen molar-refractivity contribution in [1.82, 2.24) is 0 Å². The fourth-order valence-corrected chi connectivity index (χ4v) is 3.06. The van der Waals surface area contributed by atoms with Gasteiger partial charge in [0.1, 0.15) is 0 Å². The lowest BCUT2D eigenvalue weighted by molar-refractivity contribution is 0.0491. The molecule has 0 saturated heterocycles. The Morgan fingerprint density at radius 3 is 1.67 bits per heavy atom. The fourth-order valence-electron chi connectivity index (χ4n) is 3.06. The van der Waals surface area contributed by atoms with Crippen molar-refractivity contribution in [3.8, 4) is 22.3 Å². The highest BCUT2D eigenvalue weighted by Crippen LogP contribution is 2.27. The van der Waals surface area contributed by atoms with Gasteiger partial charge in [-0.15, -0.1) is 0 Å². The quantitative estimate of drug-likeness (QED) is 0.224. The van der Waals surface area contributed by atoms with Gasteiger partial charge in [0.15, 0.2) is 5.76 Å². The number of nitrogen functional groups attached to an aromatic ring is 2. The standard InChI is InChI=1S/C13H13NO3.C12H12N2O2/c1-2-16-13(15)12-11(7-8-17-12)9-3-5-10(14)6-4-9;13-7-11(15)12-10(5-6-16-12)8-1-3-9(14)4-2-8/h3-8H,2,14H2,1H3;1-6H,7,13-14H2. The molecule has 0 saturated carbocycles. The predicted molar refractivity (Wildman–Crippen MR) is 126 cm³/mol. The van der Waals surface area contributed by atoms with Crippen LogP contribution in [0.3, 0.4) is 0 Å². The summed E-state index contributed by atoms with van der Waals surface area (Å²) in [6.07, 6.45) is 2.95. The van der Waals surface area contributed by atoms with Gasteiger partial charge in [0.05, 0.1) is 25.7 Å². The molecule has 33 heavy (non-hydrogen) atoms. The largest absolute Gasteiger partial charge is 0.461 e. The average Bonchev–Trinajstić information content (AvgIpc) is 3.50. The molecule has 4 rings (SSSR count). The second-order valence-electron chi connectivity index (χ2n) is 6.92. The van der Waals surface area contributed by atoms with Gasteiger partial charge in [-0.2, -0.15) is 0 Å². The highest BCUT2D eigenvalue weighted by atomic mass is 16.5. The fraction of sp³-hybridized carbons (Fsp3) is 0.120. The molecule has 8 nitrogen and oxygen atoms in total. The average molecular weight is 447 g/mol. The number of furan rings is 2. The Bertz CT molecular complexity index is 1210. The topological polar surface area (TPSA) is 148 Å². The Labute approximate surface area is 190 Å². The molecule has 6 N–H and O–H groups in total. The zero-order valence-corrected chi connectivity index (χ0v) is 18.1. The summed E-state index contributed by atoms with van der Waals surface area (Å²) in [5.41, 5.74) is 21.1. The molecule has 0 aliphatic carbocycles. The third-order valence-electron chi connectivity index (χ3n) is 4.67. The number of benzene rings is 2. The summed E-state index contributed by atoms with van der Waals surface area (Å²) in [5.74, 6) is -0.148. The third-order valence-corrected chi connectivity index (χ3v) is 4.67. The lowest BCUT2D eigenvalue weighted by atomic mass is 10.0. The van der Waals surface area contributed by atoms with E-state index in [4.69, 9.17) is 30.8 Å². The zero-order chi connectivity index (χ0) is 23.8. The molecule has 0 radical (unpaired) electrons. The van der Waals surface area contributed by atoms with Crippen molar-refractivity contribution in [3.63, 3.8) is 0 Å². The van der Waals surface area contributed by atoms with Crippen molar-refractivity contribution in [2.24, 2.45) is 5.73 Å². The van der Waals surface area contributed by atoms with Crippen LogP contribution in [0.4, 0.5) is 11.4 Å². The molecular formula is C25H25N3O5. The number of ether oxygens (including phenoxy) is 1. The summed E-state index contributed by atoms with van der Waals surface area (Å²) < 4.78 is 15.2. The molecular weight excluding hydrogens is 422 g/mol. The molecule has 0 atom stereocenters. The first-order valence-electron chi connectivity index (χ1n) is 10.2. The van der Waals surface area contributed by atoms with Crippen molar-refractivity contribution < 1.29 is 23.2 Å². The highest BCUT2D eigenvalue weighted by molar-refractivity contribution is 6.01. The minimum atomic E-state index is -0.454. The van der Waals surface area contributed by atoms with Crippen LogP contribution in [0.15, 0.2) is 82.0 Å². The van der Waals surface area contributed by atoms with Crippen LogP contribution in [-0.2, 0) is 4.74 Å². The van der Waals surface area contributed by atoms with Crippen molar-refractivity contribution in [2.75, 3.05) is 24.6 Å². The van der Waals surface area contributed by atoms with E-state index in [9.17, 15) is 9.59 Å². The van der Waals surface area contributed by atoms with Crippen molar-refractivity contribution in [1.29, 1.82) is 0 Å². The van der Waals surface area contributed by atoms with Gasteiger partial charge in [0.2, 0.25) is 11.5 Å². The molecule has 2 heterocycles. The number of esters is 1. The van der Waals surface area contributed by atoms with Crippen LogP contribution >= 0.6 is 0 Å². The summed E-state index contributed by atoms with van der Waals surface area (Å²) in [6.45, 7) is 2.01. The molecule has 170 valence electrons. The maximum Gasteiger partial charge on any atom is 0.374 e. The molecule has 8 heteroatoms. The Kier molecular flexibility index (Phi) is 7.67. The first kappa shape index (κ1) is 23.4. The van der Waals surface area contributed by atoms with Crippen LogP contribution in [0.2, 0.25) is 0 Å². The summed E-state index contributed by atoms with van der Waals surface area (Å²) in [4.78, 5) is 23.1. The van der Waals surface area contributed by atoms with Gasteiger partial charge in [0, 0.05) is 22.5 Å². The summed E-state index contributed by atoms with van der Waals surface area (Å²) in [7, 11) is 0. The zero-order valence-electron chi connectivity index (χ0n) is 18.1. The van der Waals surface area contributed by atoms with Crippen molar-refractivity contribution in [3.05, 3.63) is 84.7 Å². The van der Waals surface area contributed by atoms with Crippen LogP contribution in [0.25, 0.3) is 22.3 Å². The van der Waals surface area contributed by atoms with Gasteiger partial charge >= 0.3 is 5.97 Å². The Morgan fingerprint density at radius 1 is 0.758 bits per heavy atom. The minimum absolute atomic E-state index is 0.0600. The van der Waals surface area contributed by atoms with Crippen LogP contribution in [-0.4, -0.2) is 24.9 Å².